The number of aromatic nitrogens is 1. The maximum atomic E-state index is 13.7. The highest BCUT2D eigenvalue weighted by molar-refractivity contribution is 6.10. The zero-order valence-electron chi connectivity index (χ0n) is 16.8. The summed E-state index contributed by atoms with van der Waals surface area (Å²) in [6, 6.07) is 15.2. The Hall–Kier alpha value is -2.69. The predicted molar refractivity (Wildman–Crippen MR) is 114 cm³/mol. The highest BCUT2D eigenvalue weighted by Crippen LogP contribution is 2.38. The third kappa shape index (κ3) is 4.04. The van der Waals surface area contributed by atoms with Gasteiger partial charge in [-0.1, -0.05) is 56.4 Å². The third-order valence-electron chi connectivity index (χ3n) is 6.32. The molecule has 1 aromatic heterocycles. The Kier molecular flexibility index (Phi) is 5.93. The summed E-state index contributed by atoms with van der Waals surface area (Å²) in [6.45, 7) is 0. The fourth-order valence-electron chi connectivity index (χ4n) is 4.82. The largest absolute Gasteiger partial charge is 0.351 e. The lowest BCUT2D eigenvalue weighted by Crippen LogP contribution is -2.63. The molecule has 0 bridgehead atoms. The van der Waals surface area contributed by atoms with Gasteiger partial charge in [-0.2, -0.15) is 0 Å². The van der Waals surface area contributed by atoms with Crippen LogP contribution in [-0.2, 0) is 4.79 Å². The van der Waals surface area contributed by atoms with Crippen LogP contribution in [-0.4, -0.2) is 28.4 Å². The van der Waals surface area contributed by atoms with Crippen LogP contribution in [0.5, 0.6) is 0 Å². The van der Waals surface area contributed by atoms with Crippen molar-refractivity contribution in [2.45, 2.75) is 69.4 Å². The van der Waals surface area contributed by atoms with Crippen molar-refractivity contribution in [3.8, 4) is 0 Å². The molecule has 0 saturated heterocycles. The Balaban J connectivity index is 1.75. The van der Waals surface area contributed by atoms with Gasteiger partial charge in [0.05, 0.1) is 0 Å². The molecule has 5 nitrogen and oxygen atoms in total. The Morgan fingerprint density at radius 1 is 0.897 bits per heavy atom. The Morgan fingerprint density at radius 3 is 2.24 bits per heavy atom. The van der Waals surface area contributed by atoms with Gasteiger partial charge in [-0.25, -0.2) is 0 Å². The molecule has 1 heterocycles. The van der Waals surface area contributed by atoms with Crippen molar-refractivity contribution in [1.29, 1.82) is 0 Å². The molecular weight excluding hydrogens is 362 g/mol. The van der Waals surface area contributed by atoms with Crippen molar-refractivity contribution in [3.05, 3.63) is 60.4 Å². The van der Waals surface area contributed by atoms with Crippen molar-refractivity contribution < 1.29 is 9.59 Å². The van der Waals surface area contributed by atoms with E-state index >= 15 is 0 Å². The first kappa shape index (κ1) is 19.6. The number of anilines is 1. The maximum absolute atomic E-state index is 13.7. The Morgan fingerprint density at radius 2 is 1.59 bits per heavy atom. The number of para-hydroxylation sites is 1. The highest BCUT2D eigenvalue weighted by atomic mass is 16.2. The molecule has 2 aliphatic rings. The number of nitrogens with one attached hydrogen (secondary N) is 1. The minimum atomic E-state index is -0.864. The molecule has 5 heteroatoms. The maximum Gasteiger partial charge on any atom is 0.277 e. The average Bonchev–Trinajstić information content (AvgIpc) is 3.29. The Labute approximate surface area is 172 Å². The summed E-state index contributed by atoms with van der Waals surface area (Å²) >= 11 is 0. The molecule has 0 aliphatic heterocycles. The van der Waals surface area contributed by atoms with Crippen molar-refractivity contribution in [2.24, 2.45) is 0 Å². The monoisotopic (exact) mass is 391 g/mol. The third-order valence-corrected chi connectivity index (χ3v) is 6.32. The lowest BCUT2D eigenvalue weighted by Gasteiger charge is -2.45. The SMILES string of the molecule is O=C(c1ccccn1)N(c1ccccc1)C1(C(=O)NC2CCCC2)CCCCC1. The van der Waals surface area contributed by atoms with E-state index in [4.69, 9.17) is 0 Å². The van der Waals surface area contributed by atoms with Crippen LogP contribution in [0.3, 0.4) is 0 Å². The van der Waals surface area contributed by atoms with Crippen LogP contribution in [0.15, 0.2) is 54.7 Å². The number of hydrogen-bond donors (Lipinski definition) is 1. The molecule has 29 heavy (non-hydrogen) atoms. The van der Waals surface area contributed by atoms with Crippen LogP contribution in [0.4, 0.5) is 5.69 Å². The van der Waals surface area contributed by atoms with Gasteiger partial charge in [-0.05, 0) is 49.9 Å². The van der Waals surface area contributed by atoms with E-state index in [9.17, 15) is 9.59 Å². The minimum Gasteiger partial charge on any atom is -0.351 e. The number of hydrogen-bond acceptors (Lipinski definition) is 3. The lowest BCUT2D eigenvalue weighted by molar-refractivity contribution is -0.128. The molecule has 0 atom stereocenters. The first-order valence-electron chi connectivity index (χ1n) is 10.8. The van der Waals surface area contributed by atoms with Crippen LogP contribution in [0.2, 0.25) is 0 Å². The molecule has 2 aromatic rings. The van der Waals surface area contributed by atoms with Crippen LogP contribution < -0.4 is 10.2 Å². The molecule has 2 amide bonds. The quantitative estimate of drug-likeness (QED) is 0.817. The molecule has 4 rings (SSSR count). The summed E-state index contributed by atoms with van der Waals surface area (Å²) < 4.78 is 0. The summed E-state index contributed by atoms with van der Waals surface area (Å²) in [4.78, 5) is 33.4. The van der Waals surface area contributed by atoms with Gasteiger partial charge in [-0.15, -0.1) is 0 Å². The zero-order chi connectivity index (χ0) is 20.1. The highest BCUT2D eigenvalue weighted by Gasteiger charge is 2.48. The fraction of sp³-hybridized carbons (Fsp3) is 0.458. The van der Waals surface area contributed by atoms with Gasteiger partial charge in [0.15, 0.2) is 0 Å². The standard InChI is InChI=1S/C24H29N3O2/c28-22(21-15-7-10-18-25-21)27(20-13-3-1-4-14-20)24(16-8-2-9-17-24)23(29)26-19-11-5-6-12-19/h1,3-4,7,10,13-15,18-19H,2,5-6,8-9,11-12,16-17H2,(H,26,29). The molecule has 152 valence electrons. The number of rotatable bonds is 5. The first-order valence-corrected chi connectivity index (χ1v) is 10.8. The van der Waals surface area contributed by atoms with Gasteiger partial charge in [0, 0.05) is 17.9 Å². The summed E-state index contributed by atoms with van der Waals surface area (Å²) in [6.07, 6.45) is 10.3. The number of amides is 2. The van der Waals surface area contributed by atoms with E-state index in [0.29, 0.717) is 18.5 Å². The molecule has 0 spiro atoms. The van der Waals surface area contributed by atoms with E-state index < -0.39 is 5.54 Å². The van der Waals surface area contributed by atoms with Crippen molar-refractivity contribution in [1.82, 2.24) is 10.3 Å². The number of benzene rings is 1. The van der Waals surface area contributed by atoms with E-state index in [-0.39, 0.29) is 17.9 Å². The molecular formula is C24H29N3O2. The van der Waals surface area contributed by atoms with Gasteiger partial charge >= 0.3 is 0 Å². The van der Waals surface area contributed by atoms with Crippen molar-refractivity contribution >= 4 is 17.5 Å². The molecule has 2 saturated carbocycles. The van der Waals surface area contributed by atoms with E-state index in [1.54, 1.807) is 23.2 Å². The van der Waals surface area contributed by atoms with E-state index in [2.05, 4.69) is 10.3 Å². The Bertz CT molecular complexity index is 826. The summed E-state index contributed by atoms with van der Waals surface area (Å²) in [5, 5.41) is 3.29. The van der Waals surface area contributed by atoms with Crippen LogP contribution in [0.25, 0.3) is 0 Å². The molecule has 0 unspecified atom stereocenters. The molecule has 1 N–H and O–H groups in total. The number of carbonyl (C=O) groups excluding carboxylic acids is 2. The van der Waals surface area contributed by atoms with Crippen molar-refractivity contribution in [3.63, 3.8) is 0 Å². The number of pyridine rings is 1. The average molecular weight is 392 g/mol. The summed E-state index contributed by atoms with van der Waals surface area (Å²) in [7, 11) is 0. The van der Waals surface area contributed by atoms with Crippen LogP contribution >= 0.6 is 0 Å². The minimum absolute atomic E-state index is 0.00256. The topological polar surface area (TPSA) is 62.3 Å². The van der Waals surface area contributed by atoms with Gasteiger partial charge in [0.25, 0.3) is 5.91 Å². The second-order valence-electron chi connectivity index (χ2n) is 8.24. The van der Waals surface area contributed by atoms with Gasteiger partial charge in [0.1, 0.15) is 11.2 Å². The summed E-state index contributed by atoms with van der Waals surface area (Å²) in [5.74, 6) is -0.211. The van der Waals surface area contributed by atoms with Gasteiger partial charge in [0.2, 0.25) is 5.91 Å². The molecule has 1 aromatic carbocycles. The normalized spacial score (nSPS) is 18.9. The molecule has 2 fully saturated rings. The van der Waals surface area contributed by atoms with Crippen LogP contribution in [0, 0.1) is 0 Å². The van der Waals surface area contributed by atoms with Gasteiger partial charge in [-0.3, -0.25) is 19.5 Å². The van der Waals surface area contributed by atoms with Gasteiger partial charge < -0.3 is 5.32 Å². The smallest absolute Gasteiger partial charge is 0.277 e. The second-order valence-corrected chi connectivity index (χ2v) is 8.24. The summed E-state index contributed by atoms with van der Waals surface area (Å²) in [5.41, 5.74) is 0.262. The lowest BCUT2D eigenvalue weighted by atomic mass is 9.78. The fourth-order valence-corrected chi connectivity index (χ4v) is 4.82. The van der Waals surface area contributed by atoms with E-state index in [0.717, 1.165) is 50.6 Å². The van der Waals surface area contributed by atoms with Crippen molar-refractivity contribution in [2.75, 3.05) is 4.90 Å². The zero-order valence-corrected chi connectivity index (χ0v) is 16.8. The van der Waals surface area contributed by atoms with E-state index in [1.807, 2.05) is 36.4 Å². The predicted octanol–water partition coefficient (Wildman–Crippen LogP) is 4.49. The molecule has 0 radical (unpaired) electrons. The van der Waals surface area contributed by atoms with Crippen LogP contribution in [0.1, 0.15) is 68.3 Å². The van der Waals surface area contributed by atoms with E-state index in [1.165, 1.54) is 0 Å². The molecule has 2 aliphatic carbocycles. The number of nitrogens with zero attached hydrogens (tertiary/aromatic N) is 2. The second kappa shape index (κ2) is 8.76. The first-order chi connectivity index (χ1) is 14.2. The number of carbonyl (C=O) groups is 2.